The lowest BCUT2D eigenvalue weighted by molar-refractivity contribution is -0.136. The average Bonchev–Trinajstić information content (AvgIpc) is 3.27. The van der Waals surface area contributed by atoms with Crippen LogP contribution in [0.25, 0.3) is 0 Å². The number of esters is 1. The molecule has 0 aliphatic carbocycles. The second kappa shape index (κ2) is 11.7. The molecule has 9 nitrogen and oxygen atoms in total. The van der Waals surface area contributed by atoms with Crippen molar-refractivity contribution in [3.05, 3.63) is 52.2 Å². The first-order chi connectivity index (χ1) is 17.0. The summed E-state index contributed by atoms with van der Waals surface area (Å²) in [5, 5.41) is 5.72. The molecule has 1 fully saturated rings. The zero-order chi connectivity index (χ0) is 24.8. The first-order valence-electron chi connectivity index (χ1n) is 11.7. The van der Waals surface area contributed by atoms with Crippen molar-refractivity contribution in [2.75, 3.05) is 53.6 Å². The van der Waals surface area contributed by atoms with Crippen molar-refractivity contribution in [3.63, 3.8) is 0 Å². The second-order valence-electron chi connectivity index (χ2n) is 8.49. The fourth-order valence-corrected chi connectivity index (χ4v) is 5.39. The highest BCUT2D eigenvalue weighted by atomic mass is 32.2. The maximum atomic E-state index is 12.8. The molecule has 1 unspecified atom stereocenters. The lowest BCUT2D eigenvalue weighted by Crippen LogP contribution is -2.39. The Balaban J connectivity index is 1.46. The van der Waals surface area contributed by atoms with Gasteiger partial charge in [0.25, 0.3) is 0 Å². The van der Waals surface area contributed by atoms with E-state index in [2.05, 4.69) is 15.2 Å². The van der Waals surface area contributed by atoms with E-state index in [0.717, 1.165) is 61.4 Å². The molecule has 3 heterocycles. The van der Waals surface area contributed by atoms with Crippen LogP contribution in [0.15, 0.2) is 51.6 Å². The highest BCUT2D eigenvalue weighted by Crippen LogP contribution is 2.44. The SMILES string of the molecule is COC(=O)C1=C(C)N=C2SC=C(CC(=O)NCCCN3CCOCC3)N2C1c1ccc(OC)cc1. The number of benzene rings is 1. The van der Waals surface area contributed by atoms with E-state index in [0.29, 0.717) is 17.8 Å². The fraction of sp³-hybridized carbons (Fsp3) is 0.480. The molecule has 1 atom stereocenters. The molecule has 4 rings (SSSR count). The van der Waals surface area contributed by atoms with Gasteiger partial charge in [0.05, 0.1) is 51.2 Å². The number of ether oxygens (including phenoxy) is 3. The summed E-state index contributed by atoms with van der Waals surface area (Å²) in [6.45, 7) is 6.80. The number of amidine groups is 1. The van der Waals surface area contributed by atoms with Crippen LogP contribution in [0.5, 0.6) is 5.75 Å². The number of carbonyl (C=O) groups is 2. The van der Waals surface area contributed by atoms with E-state index in [4.69, 9.17) is 14.2 Å². The molecule has 0 bridgehead atoms. The molecule has 1 aromatic rings. The van der Waals surface area contributed by atoms with Crippen LogP contribution in [-0.4, -0.2) is 80.5 Å². The summed E-state index contributed by atoms with van der Waals surface area (Å²) in [6, 6.07) is 7.12. The maximum absolute atomic E-state index is 12.8. The van der Waals surface area contributed by atoms with Crippen LogP contribution >= 0.6 is 11.8 Å². The van der Waals surface area contributed by atoms with E-state index in [1.54, 1.807) is 7.11 Å². The third-order valence-corrected chi connectivity index (χ3v) is 7.14. The predicted octanol–water partition coefficient (Wildman–Crippen LogP) is 2.67. The maximum Gasteiger partial charge on any atom is 0.338 e. The summed E-state index contributed by atoms with van der Waals surface area (Å²) < 4.78 is 15.8. The summed E-state index contributed by atoms with van der Waals surface area (Å²) in [5.74, 6) is 0.233. The molecular formula is C25H32N4O5S. The molecule has 10 heteroatoms. The zero-order valence-electron chi connectivity index (χ0n) is 20.4. The average molecular weight is 501 g/mol. The number of carbonyl (C=O) groups excluding carboxylic acids is 2. The third-order valence-electron chi connectivity index (χ3n) is 6.26. The van der Waals surface area contributed by atoms with Gasteiger partial charge in [-0.25, -0.2) is 9.79 Å². The van der Waals surface area contributed by atoms with Gasteiger partial charge in [0, 0.05) is 25.3 Å². The number of amides is 1. The van der Waals surface area contributed by atoms with Crippen molar-refractivity contribution in [2.24, 2.45) is 4.99 Å². The Morgan fingerprint density at radius 3 is 2.63 bits per heavy atom. The van der Waals surface area contributed by atoms with Crippen LogP contribution in [0.1, 0.15) is 31.4 Å². The lowest BCUT2D eigenvalue weighted by Gasteiger charge is -2.36. The van der Waals surface area contributed by atoms with Gasteiger partial charge in [-0.15, -0.1) is 0 Å². The van der Waals surface area contributed by atoms with Crippen LogP contribution in [0, 0.1) is 0 Å². The quantitative estimate of drug-likeness (QED) is 0.409. The molecule has 3 aliphatic heterocycles. The van der Waals surface area contributed by atoms with Crippen LogP contribution < -0.4 is 10.1 Å². The van der Waals surface area contributed by atoms with Gasteiger partial charge in [0.2, 0.25) is 5.91 Å². The molecule has 0 aromatic heterocycles. The number of hydrogen-bond donors (Lipinski definition) is 1. The topological polar surface area (TPSA) is 92.7 Å². The van der Waals surface area contributed by atoms with E-state index in [1.807, 2.05) is 41.5 Å². The Morgan fingerprint density at radius 2 is 1.94 bits per heavy atom. The minimum atomic E-state index is -0.448. The first-order valence-corrected chi connectivity index (χ1v) is 12.6. The molecule has 35 heavy (non-hydrogen) atoms. The lowest BCUT2D eigenvalue weighted by atomic mass is 9.94. The predicted molar refractivity (Wildman–Crippen MR) is 135 cm³/mol. The highest BCUT2D eigenvalue weighted by molar-refractivity contribution is 8.16. The normalized spacial score (nSPS) is 20.2. The summed E-state index contributed by atoms with van der Waals surface area (Å²) in [4.78, 5) is 34.6. The van der Waals surface area contributed by atoms with Gasteiger partial charge in [0.15, 0.2) is 5.17 Å². The van der Waals surface area contributed by atoms with Crippen molar-refractivity contribution in [3.8, 4) is 5.75 Å². The van der Waals surface area contributed by atoms with Gasteiger partial charge in [-0.1, -0.05) is 23.9 Å². The molecule has 0 radical (unpaired) electrons. The molecule has 0 spiro atoms. The van der Waals surface area contributed by atoms with Crippen molar-refractivity contribution in [2.45, 2.75) is 25.8 Å². The zero-order valence-corrected chi connectivity index (χ0v) is 21.2. The summed E-state index contributed by atoms with van der Waals surface area (Å²) in [6.07, 6.45) is 1.09. The van der Waals surface area contributed by atoms with Gasteiger partial charge in [-0.3, -0.25) is 9.69 Å². The Hall–Kier alpha value is -2.82. The Labute approximate surface area is 210 Å². The number of rotatable bonds is 9. The fourth-order valence-electron chi connectivity index (χ4n) is 4.42. The number of hydrogen-bond acceptors (Lipinski definition) is 9. The number of thioether (sulfide) groups is 1. The van der Waals surface area contributed by atoms with Crippen molar-refractivity contribution < 1.29 is 23.8 Å². The van der Waals surface area contributed by atoms with Gasteiger partial charge in [-0.2, -0.15) is 0 Å². The summed E-state index contributed by atoms with van der Waals surface area (Å²) in [5.41, 5.74) is 2.76. The second-order valence-corrected chi connectivity index (χ2v) is 9.33. The summed E-state index contributed by atoms with van der Waals surface area (Å²) >= 11 is 1.46. The van der Waals surface area contributed by atoms with Gasteiger partial charge < -0.3 is 24.4 Å². The number of fused-ring (bicyclic) bond motifs is 1. The van der Waals surface area contributed by atoms with E-state index in [-0.39, 0.29) is 12.3 Å². The van der Waals surface area contributed by atoms with Crippen molar-refractivity contribution >= 4 is 28.8 Å². The monoisotopic (exact) mass is 500 g/mol. The minimum absolute atomic E-state index is 0.0561. The number of allylic oxidation sites excluding steroid dienone is 1. The molecule has 1 saturated heterocycles. The molecule has 1 N–H and O–H groups in total. The first kappa shape index (κ1) is 25.3. The minimum Gasteiger partial charge on any atom is -0.497 e. The van der Waals surface area contributed by atoms with Gasteiger partial charge in [-0.05, 0) is 43.0 Å². The smallest absolute Gasteiger partial charge is 0.338 e. The van der Waals surface area contributed by atoms with Crippen LogP contribution in [0.2, 0.25) is 0 Å². The Bertz CT molecular complexity index is 1030. The van der Waals surface area contributed by atoms with Crippen molar-refractivity contribution in [1.82, 2.24) is 15.1 Å². The van der Waals surface area contributed by atoms with E-state index in [1.165, 1.54) is 18.9 Å². The highest BCUT2D eigenvalue weighted by Gasteiger charge is 2.40. The van der Waals surface area contributed by atoms with Crippen molar-refractivity contribution in [1.29, 1.82) is 0 Å². The van der Waals surface area contributed by atoms with Crippen LogP contribution in [0.4, 0.5) is 0 Å². The molecule has 0 saturated carbocycles. The molecule has 3 aliphatic rings. The Kier molecular flexibility index (Phi) is 8.48. The molecular weight excluding hydrogens is 468 g/mol. The Morgan fingerprint density at radius 1 is 1.20 bits per heavy atom. The third kappa shape index (κ3) is 5.88. The number of nitrogens with zero attached hydrogens (tertiary/aromatic N) is 3. The number of methoxy groups -OCH3 is 2. The van der Waals surface area contributed by atoms with Crippen LogP contribution in [-0.2, 0) is 19.1 Å². The van der Waals surface area contributed by atoms with E-state index < -0.39 is 12.0 Å². The molecule has 1 aromatic carbocycles. The van der Waals surface area contributed by atoms with Gasteiger partial charge in [0.1, 0.15) is 5.75 Å². The number of morpholine rings is 1. The number of nitrogens with one attached hydrogen (secondary N) is 1. The largest absolute Gasteiger partial charge is 0.497 e. The van der Waals surface area contributed by atoms with E-state index in [9.17, 15) is 9.59 Å². The van der Waals surface area contributed by atoms with Gasteiger partial charge >= 0.3 is 5.97 Å². The molecule has 188 valence electrons. The summed E-state index contributed by atoms with van der Waals surface area (Å²) in [7, 11) is 2.98. The standard InChI is InChI=1S/C25H32N4O5S/c1-17-22(24(31)33-3)23(18-5-7-20(32-2)8-6-18)29-19(16-35-25(29)27-17)15-21(30)26-9-4-10-28-11-13-34-14-12-28/h5-8,16,23H,4,9-15H2,1-3H3,(H,26,30). The van der Waals surface area contributed by atoms with E-state index >= 15 is 0 Å². The van der Waals surface area contributed by atoms with Crippen LogP contribution in [0.3, 0.4) is 0 Å². The molecule has 1 amide bonds. The number of aliphatic imine (C=N–C) groups is 1.